The van der Waals surface area contributed by atoms with E-state index >= 15 is 0 Å². The van der Waals surface area contributed by atoms with Gasteiger partial charge >= 0.3 is 7.12 Å². The fourth-order valence-electron chi connectivity index (χ4n) is 8.03. The Morgan fingerprint density at radius 3 is 1.54 bits per heavy atom. The highest BCUT2D eigenvalue weighted by molar-refractivity contribution is 9.10. The quantitative estimate of drug-likeness (QED) is 0.101. The third-order valence-corrected chi connectivity index (χ3v) is 12.6. The standard InChI is InChI=1S/C25H23NO5.C17H14BrNO3.C8H11BO4.CH4/c1-28-19-6-7-20(22(13-19)29-2)16-3-5-18(26-14-16)12-24(27)25(9-10-25)17-4-8-21-23(11-17)31-15-30-21;18-12-2-3-13(19-9-12)8-16(20)17(5-6-17)11-1-4-14-15(7-11)22-10-21-14;1-12-6-3-4-7(9(10)11)8(5-6)13-2;/h3-8,11,13-14H,9-10,12,15H2,1-2H3;1-4,7,9H,5-6,8,10H2;3-5,10-11H,1-2H3;1H4. The van der Waals surface area contributed by atoms with Gasteiger partial charge < -0.3 is 47.9 Å². The number of nitrogens with zero attached hydrogens (tertiary/aromatic N) is 2. The highest BCUT2D eigenvalue weighted by Gasteiger charge is 2.52. The van der Waals surface area contributed by atoms with Crippen LogP contribution in [0, 0.1) is 0 Å². The molecule has 2 fully saturated rings. The lowest BCUT2D eigenvalue weighted by molar-refractivity contribution is -0.121. The van der Waals surface area contributed by atoms with Gasteiger partial charge in [0.15, 0.2) is 23.0 Å². The number of rotatable bonds is 14. The van der Waals surface area contributed by atoms with Crippen LogP contribution in [-0.4, -0.2) is 80.7 Å². The van der Waals surface area contributed by atoms with Crippen molar-refractivity contribution in [3.05, 3.63) is 136 Å². The van der Waals surface area contributed by atoms with Crippen LogP contribution >= 0.6 is 15.9 Å². The van der Waals surface area contributed by atoms with Gasteiger partial charge in [-0.05, 0) is 113 Å². The first-order valence-corrected chi connectivity index (χ1v) is 22.0. The number of ether oxygens (including phenoxy) is 8. The fourth-order valence-corrected chi connectivity index (χ4v) is 8.27. The number of aromatic nitrogens is 2. The number of fused-ring (bicyclic) bond motifs is 2. The molecule has 14 nitrogen and oxygen atoms in total. The van der Waals surface area contributed by atoms with Crippen molar-refractivity contribution < 1.29 is 57.5 Å². The summed E-state index contributed by atoms with van der Waals surface area (Å²) in [5, 5.41) is 17.9. The second-order valence-corrected chi connectivity index (χ2v) is 17.0. The molecule has 0 saturated heterocycles. The first kappa shape index (κ1) is 48.3. The number of methoxy groups -OCH3 is 4. The van der Waals surface area contributed by atoms with E-state index in [2.05, 4.69) is 25.9 Å². The Labute approximate surface area is 398 Å². The Morgan fingerprint density at radius 1 is 0.597 bits per heavy atom. The van der Waals surface area contributed by atoms with Crippen LogP contribution in [0.25, 0.3) is 11.1 Å². The number of hydrogen-bond donors (Lipinski definition) is 2. The van der Waals surface area contributed by atoms with Gasteiger partial charge in [-0.25, -0.2) is 0 Å². The Morgan fingerprint density at radius 2 is 1.09 bits per heavy atom. The molecule has 6 aromatic rings. The van der Waals surface area contributed by atoms with Gasteiger partial charge in [-0.15, -0.1) is 0 Å². The molecule has 0 radical (unpaired) electrons. The molecular weight excluding hydrogens is 923 g/mol. The van der Waals surface area contributed by atoms with Gasteiger partial charge in [0.05, 0.1) is 39.3 Å². The summed E-state index contributed by atoms with van der Waals surface area (Å²) in [7, 11) is 4.72. The largest absolute Gasteiger partial charge is 0.497 e. The van der Waals surface area contributed by atoms with E-state index in [1.165, 1.54) is 14.2 Å². The average Bonchev–Trinajstić information content (AvgIpc) is 4.25. The number of carbonyl (C=O) groups is 2. The van der Waals surface area contributed by atoms with Crippen molar-refractivity contribution in [2.45, 2.75) is 56.8 Å². The van der Waals surface area contributed by atoms with E-state index < -0.39 is 12.5 Å². The van der Waals surface area contributed by atoms with Crippen LogP contribution in [-0.2, 0) is 33.3 Å². The van der Waals surface area contributed by atoms with Crippen molar-refractivity contribution in [2.75, 3.05) is 42.0 Å². The molecule has 10 rings (SSSR count). The Kier molecular flexibility index (Phi) is 15.1. The molecule has 4 aliphatic rings. The number of benzene rings is 4. The first-order chi connectivity index (χ1) is 32.0. The van der Waals surface area contributed by atoms with Gasteiger partial charge in [0, 0.05) is 69.8 Å². The number of Topliss-reactive ketones (excluding diaryl/α,β-unsaturated/α-hetero) is 2. The molecule has 0 unspecified atom stereocenters. The van der Waals surface area contributed by atoms with Gasteiger partial charge in [0.25, 0.3) is 0 Å². The molecular formula is C51H52BBrN2O12. The molecule has 2 aromatic heterocycles. The number of hydrogen-bond acceptors (Lipinski definition) is 14. The minimum Gasteiger partial charge on any atom is -0.497 e. The summed E-state index contributed by atoms with van der Waals surface area (Å²) in [5.74, 6) is 5.80. The zero-order valence-electron chi connectivity index (χ0n) is 36.9. The summed E-state index contributed by atoms with van der Waals surface area (Å²) in [6.45, 7) is 0.484. The van der Waals surface area contributed by atoms with E-state index in [0.717, 1.165) is 86.8 Å². The molecule has 2 N–H and O–H groups in total. The molecule has 16 heteroatoms. The van der Waals surface area contributed by atoms with Gasteiger partial charge in [0.1, 0.15) is 34.6 Å². The van der Waals surface area contributed by atoms with Gasteiger partial charge in [-0.1, -0.05) is 31.7 Å². The Hall–Kier alpha value is -6.62. The maximum Gasteiger partial charge on any atom is 0.492 e. The molecule has 0 atom stereocenters. The van der Waals surface area contributed by atoms with Crippen molar-refractivity contribution in [3.63, 3.8) is 0 Å². The van der Waals surface area contributed by atoms with Crippen LogP contribution in [0.1, 0.15) is 55.6 Å². The normalized spacial score (nSPS) is 14.7. The number of carbonyl (C=O) groups excluding carboxylic acids is 2. The summed E-state index contributed by atoms with van der Waals surface area (Å²) in [6, 6.07) is 29.8. The van der Waals surface area contributed by atoms with Crippen molar-refractivity contribution in [3.8, 4) is 57.1 Å². The number of pyridine rings is 2. The maximum absolute atomic E-state index is 13.2. The van der Waals surface area contributed by atoms with Gasteiger partial charge in [0.2, 0.25) is 13.6 Å². The van der Waals surface area contributed by atoms with Crippen LogP contribution < -0.4 is 43.4 Å². The van der Waals surface area contributed by atoms with E-state index in [4.69, 9.17) is 47.9 Å². The first-order valence-electron chi connectivity index (χ1n) is 21.2. The van der Waals surface area contributed by atoms with E-state index in [0.29, 0.717) is 41.3 Å². The summed E-state index contributed by atoms with van der Waals surface area (Å²) < 4.78 is 43.2. The molecule has 2 saturated carbocycles. The SMILES string of the molecule is C.COc1ccc(-c2ccc(CC(=O)C3(c4ccc5c(c4)OCO5)CC3)nc2)c(OC)c1.COc1ccc(B(O)O)c(OC)c1.O=C(Cc1ccc(Br)cn1)C1(c2ccc3c(c2)OCO3)CC1. The number of halogens is 1. The third-order valence-electron chi connectivity index (χ3n) is 12.2. The topological polar surface area (TPSA) is 174 Å². The molecule has 2 aliphatic carbocycles. The molecule has 4 heterocycles. The van der Waals surface area contributed by atoms with E-state index in [9.17, 15) is 9.59 Å². The molecule has 0 spiro atoms. The minimum atomic E-state index is -1.53. The van der Waals surface area contributed by atoms with E-state index in [1.54, 1.807) is 44.8 Å². The Bertz CT molecular complexity index is 2710. The molecule has 2 aliphatic heterocycles. The summed E-state index contributed by atoms with van der Waals surface area (Å²) in [5.41, 5.74) is 4.97. The van der Waals surface area contributed by atoms with Crippen molar-refractivity contribution in [2.24, 2.45) is 0 Å². The lowest BCUT2D eigenvalue weighted by Crippen LogP contribution is -2.31. The zero-order chi connectivity index (χ0) is 46.4. The summed E-state index contributed by atoms with van der Waals surface area (Å²) >= 11 is 3.36. The highest BCUT2D eigenvalue weighted by Crippen LogP contribution is 2.53. The summed E-state index contributed by atoms with van der Waals surface area (Å²) in [4.78, 5) is 34.8. The van der Waals surface area contributed by atoms with Crippen LogP contribution in [0.15, 0.2) is 114 Å². The minimum absolute atomic E-state index is 0. The summed E-state index contributed by atoms with van der Waals surface area (Å²) in [6.07, 6.45) is 7.66. The second kappa shape index (κ2) is 20.9. The monoisotopic (exact) mass is 974 g/mol. The smallest absolute Gasteiger partial charge is 0.492 e. The second-order valence-electron chi connectivity index (χ2n) is 16.1. The molecule has 348 valence electrons. The molecule has 4 aromatic carbocycles. The van der Waals surface area contributed by atoms with Crippen molar-refractivity contribution in [1.82, 2.24) is 9.97 Å². The predicted octanol–water partition coefficient (Wildman–Crippen LogP) is 7.77. The predicted molar refractivity (Wildman–Crippen MR) is 255 cm³/mol. The van der Waals surface area contributed by atoms with E-state index in [-0.39, 0.29) is 38.0 Å². The van der Waals surface area contributed by atoms with Crippen LogP contribution in [0.4, 0.5) is 0 Å². The van der Waals surface area contributed by atoms with Gasteiger partial charge in [-0.2, -0.15) is 0 Å². The number of ketones is 2. The lowest BCUT2D eigenvalue weighted by Gasteiger charge is -2.15. The van der Waals surface area contributed by atoms with Crippen LogP contribution in [0.3, 0.4) is 0 Å². The highest BCUT2D eigenvalue weighted by atomic mass is 79.9. The maximum atomic E-state index is 13.2. The molecule has 67 heavy (non-hydrogen) atoms. The Balaban J connectivity index is 0.000000161. The van der Waals surface area contributed by atoms with Crippen LogP contribution in [0.2, 0.25) is 0 Å². The fraction of sp³-hybridized carbons (Fsp3) is 0.294. The van der Waals surface area contributed by atoms with E-state index in [1.807, 2.05) is 78.9 Å². The van der Waals surface area contributed by atoms with Crippen molar-refractivity contribution >= 4 is 40.1 Å². The third kappa shape index (κ3) is 10.7. The molecule has 0 amide bonds. The average molecular weight is 976 g/mol. The molecule has 0 bridgehead atoms. The van der Waals surface area contributed by atoms with Crippen molar-refractivity contribution in [1.29, 1.82) is 0 Å². The zero-order valence-corrected chi connectivity index (χ0v) is 38.5. The van der Waals surface area contributed by atoms with Crippen LogP contribution in [0.5, 0.6) is 46.0 Å². The lowest BCUT2D eigenvalue weighted by atomic mass is 9.79. The van der Waals surface area contributed by atoms with Gasteiger partial charge in [-0.3, -0.25) is 19.6 Å².